The summed E-state index contributed by atoms with van der Waals surface area (Å²) in [5, 5.41) is 12.2. The Bertz CT molecular complexity index is 806. The Morgan fingerprint density at radius 1 is 1.14 bits per heavy atom. The normalized spacial score (nSPS) is 31.3. The van der Waals surface area contributed by atoms with Gasteiger partial charge in [0.1, 0.15) is 0 Å². The number of piperidine rings is 1. The lowest BCUT2D eigenvalue weighted by molar-refractivity contribution is -0.147. The molecule has 5 nitrogen and oxygen atoms in total. The summed E-state index contributed by atoms with van der Waals surface area (Å²) in [6, 6.07) is 3.32. The average molecular weight is 410 g/mol. The van der Waals surface area contributed by atoms with Gasteiger partial charge in [-0.1, -0.05) is 0 Å². The highest BCUT2D eigenvalue weighted by Gasteiger charge is 2.48. The summed E-state index contributed by atoms with van der Waals surface area (Å²) in [5.74, 6) is -0.302. The summed E-state index contributed by atoms with van der Waals surface area (Å²) in [6.07, 6.45) is -2.03. The number of benzene rings is 1. The van der Waals surface area contributed by atoms with Crippen molar-refractivity contribution in [2.45, 2.75) is 44.9 Å². The smallest absolute Gasteiger partial charge is 0.393 e. The highest BCUT2D eigenvalue weighted by atomic mass is 19.4. The van der Waals surface area contributed by atoms with Crippen molar-refractivity contribution in [3.05, 3.63) is 29.3 Å². The van der Waals surface area contributed by atoms with Crippen LogP contribution in [0.25, 0.3) is 0 Å². The van der Waals surface area contributed by atoms with Gasteiger partial charge in [0.05, 0.1) is 11.7 Å². The van der Waals surface area contributed by atoms with Crippen LogP contribution in [0.2, 0.25) is 0 Å². The van der Waals surface area contributed by atoms with Crippen molar-refractivity contribution in [1.29, 1.82) is 0 Å². The van der Waals surface area contributed by atoms with Crippen LogP contribution in [0.4, 0.5) is 18.9 Å². The Kier molecular flexibility index (Phi) is 5.09. The Hall–Kier alpha value is -2.09. The Morgan fingerprint density at radius 2 is 1.76 bits per heavy atom. The maximum Gasteiger partial charge on any atom is 0.416 e. The van der Waals surface area contributed by atoms with Crippen LogP contribution in [0.3, 0.4) is 0 Å². The SMILES string of the molecule is Cc1cc(C(F)(F)F)ccc1NC(=O)C1[C@@H]2CC[C@@H]1CN(C(=O)C1CC(O)C1)C2. The molecule has 2 N–H and O–H groups in total. The second-order valence-corrected chi connectivity index (χ2v) is 8.71. The molecule has 2 atom stereocenters. The van der Waals surface area contributed by atoms with Gasteiger partial charge in [0.2, 0.25) is 11.8 Å². The molecule has 2 aliphatic carbocycles. The predicted molar refractivity (Wildman–Crippen MR) is 99.8 cm³/mol. The van der Waals surface area contributed by atoms with Crippen molar-refractivity contribution in [2.75, 3.05) is 18.4 Å². The molecule has 1 heterocycles. The molecular formula is C21H25F3N2O3. The molecule has 1 aromatic rings. The fourth-order valence-corrected chi connectivity index (χ4v) is 5.07. The van der Waals surface area contributed by atoms with Gasteiger partial charge < -0.3 is 15.3 Å². The van der Waals surface area contributed by atoms with Crippen molar-refractivity contribution < 1.29 is 27.9 Å². The number of carbonyl (C=O) groups is 2. The van der Waals surface area contributed by atoms with E-state index in [1.165, 1.54) is 6.07 Å². The number of fused-ring (bicyclic) bond motifs is 2. The summed E-state index contributed by atoms with van der Waals surface area (Å²) in [4.78, 5) is 27.3. The van der Waals surface area contributed by atoms with Gasteiger partial charge in [0.15, 0.2) is 0 Å². The maximum atomic E-state index is 12.9. The number of aryl methyl sites for hydroxylation is 1. The number of nitrogens with zero attached hydrogens (tertiary/aromatic N) is 1. The number of amides is 2. The van der Waals surface area contributed by atoms with Crippen LogP contribution in [-0.4, -0.2) is 41.0 Å². The average Bonchev–Trinajstić information content (AvgIpc) is 2.89. The number of nitrogens with one attached hydrogen (secondary N) is 1. The van der Waals surface area contributed by atoms with Crippen LogP contribution in [0, 0.1) is 30.6 Å². The molecule has 2 amide bonds. The first kappa shape index (κ1) is 20.2. The molecule has 0 aromatic heterocycles. The lowest BCUT2D eigenvalue weighted by atomic mass is 9.79. The van der Waals surface area contributed by atoms with E-state index in [1.54, 1.807) is 6.92 Å². The molecule has 1 aromatic carbocycles. The van der Waals surface area contributed by atoms with E-state index in [4.69, 9.17) is 0 Å². The molecule has 3 aliphatic rings. The number of anilines is 1. The lowest BCUT2D eigenvalue weighted by Crippen LogP contribution is -2.52. The molecule has 8 heteroatoms. The number of halogens is 3. The third kappa shape index (κ3) is 3.86. The molecule has 2 saturated carbocycles. The summed E-state index contributed by atoms with van der Waals surface area (Å²) >= 11 is 0. The Balaban J connectivity index is 1.41. The molecule has 0 spiro atoms. The third-order valence-corrected chi connectivity index (χ3v) is 6.72. The zero-order valence-electron chi connectivity index (χ0n) is 16.2. The zero-order chi connectivity index (χ0) is 20.9. The number of likely N-dealkylation sites (tertiary alicyclic amines) is 1. The third-order valence-electron chi connectivity index (χ3n) is 6.72. The van der Waals surface area contributed by atoms with E-state index in [9.17, 15) is 27.9 Å². The number of carbonyl (C=O) groups excluding carboxylic acids is 2. The van der Waals surface area contributed by atoms with Crippen LogP contribution < -0.4 is 5.32 Å². The number of alkyl halides is 3. The summed E-state index contributed by atoms with van der Waals surface area (Å²) in [5.41, 5.74) is 0.0297. The molecule has 3 fully saturated rings. The Labute approximate surface area is 167 Å². The first-order valence-electron chi connectivity index (χ1n) is 10.1. The number of aliphatic hydroxyl groups excluding tert-OH is 1. The molecule has 0 unspecified atom stereocenters. The standard InChI is InChI=1S/C21H25F3N2O3/c1-11-6-15(21(22,23)24)4-5-17(11)25-19(28)18-12-2-3-13(18)10-26(9-12)20(29)14-7-16(27)8-14/h4-6,12-14,16,18,27H,2-3,7-10H2,1H3,(H,25,28)/t12-,13-,14?,16?/m1/s1. The second-order valence-electron chi connectivity index (χ2n) is 8.71. The van der Waals surface area contributed by atoms with Gasteiger partial charge in [-0.2, -0.15) is 13.2 Å². The monoisotopic (exact) mass is 410 g/mol. The van der Waals surface area contributed by atoms with Crippen molar-refractivity contribution in [3.8, 4) is 0 Å². The van der Waals surface area contributed by atoms with Crippen LogP contribution >= 0.6 is 0 Å². The number of rotatable bonds is 3. The van der Waals surface area contributed by atoms with Gasteiger partial charge >= 0.3 is 6.18 Å². The number of aliphatic hydroxyl groups is 1. The van der Waals surface area contributed by atoms with Crippen molar-refractivity contribution in [1.82, 2.24) is 4.90 Å². The molecule has 1 saturated heterocycles. The minimum atomic E-state index is -4.41. The van der Waals surface area contributed by atoms with Crippen LogP contribution in [0.15, 0.2) is 18.2 Å². The van der Waals surface area contributed by atoms with Crippen molar-refractivity contribution in [3.63, 3.8) is 0 Å². The van der Waals surface area contributed by atoms with E-state index in [0.29, 0.717) is 37.2 Å². The van der Waals surface area contributed by atoms with E-state index in [0.717, 1.165) is 25.0 Å². The van der Waals surface area contributed by atoms with Gasteiger partial charge in [-0.25, -0.2) is 0 Å². The van der Waals surface area contributed by atoms with E-state index < -0.39 is 11.7 Å². The highest BCUT2D eigenvalue weighted by Crippen LogP contribution is 2.44. The van der Waals surface area contributed by atoms with Crippen molar-refractivity contribution in [2.24, 2.45) is 23.7 Å². The van der Waals surface area contributed by atoms with E-state index >= 15 is 0 Å². The minimum absolute atomic E-state index is 0.0671. The fourth-order valence-electron chi connectivity index (χ4n) is 5.07. The predicted octanol–water partition coefficient (Wildman–Crippen LogP) is 3.21. The van der Waals surface area contributed by atoms with Gasteiger partial charge in [-0.3, -0.25) is 9.59 Å². The lowest BCUT2D eigenvalue weighted by Gasteiger charge is -2.41. The van der Waals surface area contributed by atoms with E-state index in [-0.39, 0.29) is 41.6 Å². The number of hydrogen-bond donors (Lipinski definition) is 2. The summed E-state index contributed by atoms with van der Waals surface area (Å²) in [7, 11) is 0. The minimum Gasteiger partial charge on any atom is -0.393 e. The molecule has 1 aliphatic heterocycles. The zero-order valence-corrected chi connectivity index (χ0v) is 16.2. The molecular weight excluding hydrogens is 385 g/mol. The highest BCUT2D eigenvalue weighted by molar-refractivity contribution is 5.94. The van der Waals surface area contributed by atoms with Crippen LogP contribution in [-0.2, 0) is 15.8 Å². The maximum absolute atomic E-state index is 12.9. The van der Waals surface area contributed by atoms with E-state index in [2.05, 4.69) is 5.32 Å². The fraction of sp³-hybridized carbons (Fsp3) is 0.619. The molecule has 4 rings (SSSR count). The quantitative estimate of drug-likeness (QED) is 0.804. The van der Waals surface area contributed by atoms with Gasteiger partial charge in [0, 0.05) is 30.6 Å². The van der Waals surface area contributed by atoms with Gasteiger partial charge in [-0.05, 0) is 68.2 Å². The summed E-state index contributed by atoms with van der Waals surface area (Å²) in [6.45, 7) is 2.62. The number of hydrogen-bond acceptors (Lipinski definition) is 3. The molecule has 2 bridgehead atoms. The first-order chi connectivity index (χ1) is 13.6. The van der Waals surface area contributed by atoms with Crippen molar-refractivity contribution >= 4 is 17.5 Å². The van der Waals surface area contributed by atoms with Gasteiger partial charge in [0.25, 0.3) is 0 Å². The first-order valence-corrected chi connectivity index (χ1v) is 10.1. The van der Waals surface area contributed by atoms with Gasteiger partial charge in [-0.15, -0.1) is 0 Å². The summed E-state index contributed by atoms with van der Waals surface area (Å²) < 4.78 is 38.5. The Morgan fingerprint density at radius 3 is 2.28 bits per heavy atom. The topological polar surface area (TPSA) is 69.6 Å². The molecule has 158 valence electrons. The largest absolute Gasteiger partial charge is 0.416 e. The van der Waals surface area contributed by atoms with E-state index in [1.807, 2.05) is 4.90 Å². The molecule has 0 radical (unpaired) electrons. The van der Waals surface area contributed by atoms with Crippen LogP contribution in [0.1, 0.15) is 36.8 Å². The van der Waals surface area contributed by atoms with Crippen LogP contribution in [0.5, 0.6) is 0 Å². The second kappa shape index (κ2) is 7.31. The molecule has 29 heavy (non-hydrogen) atoms.